The number of nitrogens with one attached hydrogen (secondary N) is 2. The first kappa shape index (κ1) is 17.3. The van der Waals surface area contributed by atoms with E-state index in [0.717, 1.165) is 5.75 Å². The van der Waals surface area contributed by atoms with Crippen molar-refractivity contribution in [1.82, 2.24) is 10.6 Å². The summed E-state index contributed by atoms with van der Waals surface area (Å²) in [5.41, 5.74) is 0. The highest BCUT2D eigenvalue weighted by Crippen LogP contribution is 2.07. The minimum Gasteiger partial charge on any atom is -0.492 e. The smallest absolute Gasteiger partial charge is 0.191 e. The Morgan fingerprint density at radius 3 is 2.57 bits per heavy atom. The summed E-state index contributed by atoms with van der Waals surface area (Å²) in [6.07, 6.45) is 1.20. The van der Waals surface area contributed by atoms with Crippen LogP contribution >= 0.6 is 0 Å². The van der Waals surface area contributed by atoms with Crippen molar-refractivity contribution >= 4 is 15.8 Å². The van der Waals surface area contributed by atoms with Crippen molar-refractivity contribution < 1.29 is 13.2 Å². The molecular weight excluding hydrogens is 290 g/mol. The Morgan fingerprint density at radius 2 is 1.95 bits per heavy atom. The van der Waals surface area contributed by atoms with E-state index in [1.54, 1.807) is 0 Å². The molecule has 0 fully saturated rings. The molecule has 1 rings (SSSR count). The minimum atomic E-state index is -2.98. The van der Waals surface area contributed by atoms with Gasteiger partial charge in [-0.05, 0) is 19.1 Å². The number of para-hydroxylation sites is 1. The van der Waals surface area contributed by atoms with Gasteiger partial charge in [-0.3, -0.25) is 4.99 Å². The molecule has 0 spiro atoms. The summed E-state index contributed by atoms with van der Waals surface area (Å²) < 4.78 is 27.7. The molecule has 0 saturated carbocycles. The molecule has 1 aromatic rings. The van der Waals surface area contributed by atoms with Crippen LogP contribution in [0.1, 0.15) is 6.92 Å². The standard InChI is InChI=1S/C14H23N3O3S/c1-3-15-14(17-10-12-21(2,18)19)16-9-11-20-13-7-5-4-6-8-13/h4-8H,3,9-12H2,1-2H3,(H2,15,16,17). The van der Waals surface area contributed by atoms with E-state index in [-0.39, 0.29) is 12.3 Å². The lowest BCUT2D eigenvalue weighted by atomic mass is 10.3. The van der Waals surface area contributed by atoms with Gasteiger partial charge in [0.1, 0.15) is 22.2 Å². The van der Waals surface area contributed by atoms with E-state index in [1.165, 1.54) is 6.26 Å². The van der Waals surface area contributed by atoms with Crippen molar-refractivity contribution in [3.63, 3.8) is 0 Å². The Kier molecular flexibility index (Phi) is 7.60. The van der Waals surface area contributed by atoms with Crippen molar-refractivity contribution in [2.24, 2.45) is 4.99 Å². The lowest BCUT2D eigenvalue weighted by Gasteiger charge is -2.12. The van der Waals surface area contributed by atoms with Crippen molar-refractivity contribution in [3.05, 3.63) is 30.3 Å². The van der Waals surface area contributed by atoms with Gasteiger partial charge in [0.15, 0.2) is 5.96 Å². The number of rotatable bonds is 8. The van der Waals surface area contributed by atoms with E-state index >= 15 is 0 Å². The number of ether oxygens (including phenoxy) is 1. The predicted molar refractivity (Wildman–Crippen MR) is 85.6 cm³/mol. The highest BCUT2D eigenvalue weighted by atomic mass is 32.2. The lowest BCUT2D eigenvalue weighted by molar-refractivity contribution is 0.322. The topological polar surface area (TPSA) is 79.8 Å². The number of hydrogen-bond acceptors (Lipinski definition) is 4. The van der Waals surface area contributed by atoms with Crippen LogP contribution in [-0.4, -0.2) is 52.6 Å². The van der Waals surface area contributed by atoms with Gasteiger partial charge >= 0.3 is 0 Å². The lowest BCUT2D eigenvalue weighted by Crippen LogP contribution is -2.39. The van der Waals surface area contributed by atoms with E-state index in [0.29, 0.717) is 25.7 Å². The zero-order chi connectivity index (χ0) is 15.6. The SMILES string of the molecule is CCNC(=NCCS(C)(=O)=O)NCCOc1ccccc1. The molecule has 0 bridgehead atoms. The molecule has 2 N–H and O–H groups in total. The number of benzene rings is 1. The Morgan fingerprint density at radius 1 is 1.24 bits per heavy atom. The first-order valence-corrected chi connectivity index (χ1v) is 8.95. The van der Waals surface area contributed by atoms with E-state index < -0.39 is 9.84 Å². The van der Waals surface area contributed by atoms with Gasteiger partial charge in [0, 0.05) is 12.8 Å². The van der Waals surface area contributed by atoms with Crippen LogP contribution in [0, 0.1) is 0 Å². The van der Waals surface area contributed by atoms with E-state index in [2.05, 4.69) is 15.6 Å². The molecule has 21 heavy (non-hydrogen) atoms. The number of aliphatic imine (C=N–C) groups is 1. The fraction of sp³-hybridized carbons (Fsp3) is 0.500. The highest BCUT2D eigenvalue weighted by molar-refractivity contribution is 7.90. The monoisotopic (exact) mass is 313 g/mol. The Bertz CT molecular complexity index is 530. The van der Waals surface area contributed by atoms with Gasteiger partial charge in [-0.2, -0.15) is 0 Å². The van der Waals surface area contributed by atoms with Crippen molar-refractivity contribution in [3.8, 4) is 5.75 Å². The second-order valence-electron chi connectivity index (χ2n) is 4.48. The van der Waals surface area contributed by atoms with Crippen LogP contribution in [-0.2, 0) is 9.84 Å². The first-order valence-electron chi connectivity index (χ1n) is 6.89. The van der Waals surface area contributed by atoms with Crippen molar-refractivity contribution in [2.75, 3.05) is 38.2 Å². The van der Waals surface area contributed by atoms with Crippen LogP contribution in [0.2, 0.25) is 0 Å². The molecule has 1 aromatic carbocycles. The summed E-state index contributed by atoms with van der Waals surface area (Å²) in [6, 6.07) is 9.55. The van der Waals surface area contributed by atoms with Gasteiger partial charge in [0.2, 0.25) is 0 Å². The number of guanidine groups is 1. The van der Waals surface area contributed by atoms with Crippen LogP contribution in [0.25, 0.3) is 0 Å². The largest absolute Gasteiger partial charge is 0.492 e. The first-order chi connectivity index (χ1) is 10.0. The predicted octanol–water partition coefficient (Wildman–Crippen LogP) is 0.665. The molecular formula is C14H23N3O3S. The molecule has 0 radical (unpaired) electrons. The van der Waals surface area contributed by atoms with Crippen LogP contribution in [0.5, 0.6) is 5.75 Å². The summed E-state index contributed by atoms with van der Waals surface area (Å²) in [6.45, 7) is 3.99. The summed E-state index contributed by atoms with van der Waals surface area (Å²) in [7, 11) is -2.98. The highest BCUT2D eigenvalue weighted by Gasteiger charge is 2.02. The van der Waals surface area contributed by atoms with Gasteiger partial charge < -0.3 is 15.4 Å². The zero-order valence-corrected chi connectivity index (χ0v) is 13.3. The fourth-order valence-corrected chi connectivity index (χ4v) is 1.94. The summed E-state index contributed by atoms with van der Waals surface area (Å²) >= 11 is 0. The fourth-order valence-electron chi connectivity index (χ4n) is 1.52. The molecule has 0 aliphatic rings. The zero-order valence-electron chi connectivity index (χ0n) is 12.5. The molecule has 0 aliphatic carbocycles. The van der Waals surface area contributed by atoms with E-state index in [9.17, 15) is 8.42 Å². The second kappa shape index (κ2) is 9.23. The van der Waals surface area contributed by atoms with Gasteiger partial charge in [-0.25, -0.2) is 8.42 Å². The van der Waals surface area contributed by atoms with Crippen LogP contribution in [0.15, 0.2) is 35.3 Å². The van der Waals surface area contributed by atoms with Crippen LogP contribution in [0.4, 0.5) is 0 Å². The van der Waals surface area contributed by atoms with Crippen LogP contribution in [0.3, 0.4) is 0 Å². The summed E-state index contributed by atoms with van der Waals surface area (Å²) in [5.74, 6) is 1.46. The average molecular weight is 313 g/mol. The van der Waals surface area contributed by atoms with Crippen molar-refractivity contribution in [1.29, 1.82) is 0 Å². The maximum Gasteiger partial charge on any atom is 0.191 e. The second-order valence-corrected chi connectivity index (χ2v) is 6.74. The number of nitrogens with zero attached hydrogens (tertiary/aromatic N) is 1. The Balaban J connectivity index is 2.32. The maximum atomic E-state index is 11.1. The van der Waals surface area contributed by atoms with E-state index in [1.807, 2.05) is 37.3 Å². The molecule has 118 valence electrons. The molecule has 0 atom stereocenters. The maximum absolute atomic E-state index is 11.1. The average Bonchev–Trinajstić information content (AvgIpc) is 2.43. The van der Waals surface area contributed by atoms with Gasteiger partial charge in [0.25, 0.3) is 0 Å². The van der Waals surface area contributed by atoms with Crippen molar-refractivity contribution in [2.45, 2.75) is 6.92 Å². The molecule has 0 unspecified atom stereocenters. The third-order valence-corrected chi connectivity index (χ3v) is 3.41. The molecule has 0 aromatic heterocycles. The number of hydrogen-bond donors (Lipinski definition) is 2. The summed E-state index contributed by atoms with van der Waals surface area (Å²) in [5, 5.41) is 6.15. The third kappa shape index (κ3) is 8.91. The minimum absolute atomic E-state index is 0.0457. The normalized spacial score (nSPS) is 12.0. The molecule has 6 nitrogen and oxygen atoms in total. The van der Waals surface area contributed by atoms with Gasteiger partial charge in [0.05, 0.1) is 18.8 Å². The molecule has 0 saturated heterocycles. The quantitative estimate of drug-likeness (QED) is 0.419. The Hall–Kier alpha value is -1.76. The molecule has 0 aliphatic heterocycles. The van der Waals surface area contributed by atoms with Gasteiger partial charge in [-0.1, -0.05) is 18.2 Å². The summed E-state index contributed by atoms with van der Waals surface area (Å²) in [4.78, 5) is 4.20. The molecule has 0 amide bonds. The molecule has 7 heteroatoms. The third-order valence-electron chi connectivity index (χ3n) is 2.48. The Labute approximate surface area is 126 Å². The molecule has 0 heterocycles. The van der Waals surface area contributed by atoms with E-state index in [4.69, 9.17) is 4.74 Å². The van der Waals surface area contributed by atoms with Gasteiger partial charge in [-0.15, -0.1) is 0 Å². The number of sulfone groups is 1. The van der Waals surface area contributed by atoms with Crippen LogP contribution < -0.4 is 15.4 Å².